The van der Waals surface area contributed by atoms with Gasteiger partial charge >= 0.3 is 0 Å². The van der Waals surface area contributed by atoms with Crippen LogP contribution in [0.2, 0.25) is 0 Å². The van der Waals surface area contributed by atoms with Gasteiger partial charge in [-0.25, -0.2) is 0 Å². The summed E-state index contributed by atoms with van der Waals surface area (Å²) in [6.45, 7) is 9.88. The molecular formula is C15H27N3OS2. The monoisotopic (exact) mass is 329 g/mol. The van der Waals surface area contributed by atoms with Crippen molar-refractivity contribution in [1.82, 2.24) is 15.5 Å². The van der Waals surface area contributed by atoms with Crippen molar-refractivity contribution in [3.63, 3.8) is 0 Å². The molecule has 6 heteroatoms. The van der Waals surface area contributed by atoms with Crippen LogP contribution in [0.3, 0.4) is 0 Å². The number of nitrogens with zero attached hydrogens (tertiary/aromatic N) is 2. The van der Waals surface area contributed by atoms with Gasteiger partial charge in [-0.1, -0.05) is 32.9 Å². The van der Waals surface area contributed by atoms with E-state index in [-0.39, 0.29) is 5.92 Å². The van der Waals surface area contributed by atoms with E-state index in [4.69, 9.17) is 9.51 Å². The Morgan fingerprint density at radius 3 is 2.76 bits per heavy atom. The lowest BCUT2D eigenvalue weighted by Crippen LogP contribution is -2.34. The third kappa shape index (κ3) is 4.39. The summed E-state index contributed by atoms with van der Waals surface area (Å²) in [7, 11) is 0. The van der Waals surface area contributed by atoms with E-state index < -0.39 is 0 Å². The summed E-state index contributed by atoms with van der Waals surface area (Å²) in [5, 5.41) is 8.77. The molecule has 0 bridgehead atoms. The number of hydrogen-bond donors (Lipinski definition) is 1. The van der Waals surface area contributed by atoms with Gasteiger partial charge in [-0.05, 0) is 19.4 Å². The molecule has 0 aromatic carbocycles. The lowest BCUT2D eigenvalue weighted by molar-refractivity contribution is 0.317. The second-order valence-electron chi connectivity index (χ2n) is 5.62. The van der Waals surface area contributed by atoms with Crippen LogP contribution in [0.4, 0.5) is 0 Å². The molecule has 120 valence electrons. The molecule has 2 rings (SSSR count). The van der Waals surface area contributed by atoms with E-state index in [1.807, 2.05) is 23.5 Å². The van der Waals surface area contributed by atoms with E-state index in [0.29, 0.717) is 16.5 Å². The SMILES string of the molecule is CCCNC(CC)C(C)c1nc(C2SCCSC2C)no1. The Morgan fingerprint density at radius 1 is 1.33 bits per heavy atom. The molecule has 1 N–H and O–H groups in total. The van der Waals surface area contributed by atoms with Gasteiger partial charge in [0.2, 0.25) is 5.89 Å². The zero-order valence-corrected chi connectivity index (χ0v) is 15.1. The molecule has 0 radical (unpaired) electrons. The number of rotatable bonds is 7. The largest absolute Gasteiger partial charge is 0.339 e. The third-order valence-electron chi connectivity index (χ3n) is 3.99. The summed E-state index contributed by atoms with van der Waals surface area (Å²) in [4.78, 5) is 4.71. The molecule has 2 heterocycles. The molecule has 0 amide bonds. The second-order valence-corrected chi connectivity index (χ2v) is 8.35. The highest BCUT2D eigenvalue weighted by atomic mass is 32.2. The fourth-order valence-corrected chi connectivity index (χ4v) is 5.32. The van der Waals surface area contributed by atoms with E-state index in [1.54, 1.807) is 0 Å². The molecule has 0 aliphatic carbocycles. The van der Waals surface area contributed by atoms with Crippen molar-refractivity contribution < 1.29 is 4.52 Å². The van der Waals surface area contributed by atoms with Gasteiger partial charge in [-0.2, -0.15) is 16.7 Å². The molecule has 1 aromatic rings. The highest BCUT2D eigenvalue weighted by Gasteiger charge is 2.30. The minimum atomic E-state index is 0.263. The minimum absolute atomic E-state index is 0.263. The Balaban J connectivity index is 2.03. The van der Waals surface area contributed by atoms with Crippen LogP contribution in [-0.2, 0) is 0 Å². The number of hydrogen-bond acceptors (Lipinski definition) is 6. The molecule has 1 aliphatic heterocycles. The highest BCUT2D eigenvalue weighted by Crippen LogP contribution is 2.41. The molecule has 21 heavy (non-hydrogen) atoms. The van der Waals surface area contributed by atoms with E-state index >= 15 is 0 Å². The maximum Gasteiger partial charge on any atom is 0.231 e. The first-order chi connectivity index (χ1) is 10.2. The molecular weight excluding hydrogens is 302 g/mol. The van der Waals surface area contributed by atoms with Crippen LogP contribution in [-0.4, -0.2) is 39.5 Å². The van der Waals surface area contributed by atoms with Crippen molar-refractivity contribution in [2.24, 2.45) is 0 Å². The van der Waals surface area contributed by atoms with Crippen LogP contribution in [0, 0.1) is 0 Å². The van der Waals surface area contributed by atoms with Crippen LogP contribution in [0.25, 0.3) is 0 Å². The maximum absolute atomic E-state index is 5.57. The van der Waals surface area contributed by atoms with E-state index in [9.17, 15) is 0 Å². The summed E-state index contributed by atoms with van der Waals surface area (Å²) >= 11 is 3.96. The van der Waals surface area contributed by atoms with Gasteiger partial charge in [0.25, 0.3) is 0 Å². The normalized spacial score (nSPS) is 25.7. The fraction of sp³-hybridized carbons (Fsp3) is 0.867. The van der Waals surface area contributed by atoms with Crippen LogP contribution < -0.4 is 5.32 Å². The Kier molecular flexibility index (Phi) is 6.89. The van der Waals surface area contributed by atoms with Crippen LogP contribution in [0.15, 0.2) is 4.52 Å². The Hall–Kier alpha value is -0.200. The molecule has 1 saturated heterocycles. The van der Waals surface area contributed by atoms with Crippen molar-refractivity contribution in [3.8, 4) is 0 Å². The number of thioether (sulfide) groups is 2. The average molecular weight is 330 g/mol. The summed E-state index contributed by atoms with van der Waals surface area (Å²) in [5.74, 6) is 4.33. The van der Waals surface area contributed by atoms with E-state index in [0.717, 1.165) is 31.1 Å². The molecule has 1 aromatic heterocycles. The Labute approximate surface area is 136 Å². The number of nitrogens with one attached hydrogen (secondary N) is 1. The third-order valence-corrected chi connectivity index (χ3v) is 7.08. The van der Waals surface area contributed by atoms with Gasteiger partial charge in [0.1, 0.15) is 0 Å². The van der Waals surface area contributed by atoms with Gasteiger partial charge in [0.05, 0.1) is 11.2 Å². The predicted octanol–water partition coefficient (Wildman–Crippen LogP) is 3.86. The van der Waals surface area contributed by atoms with Gasteiger partial charge in [0, 0.05) is 22.8 Å². The molecule has 1 aliphatic rings. The lowest BCUT2D eigenvalue weighted by atomic mass is 9.99. The predicted molar refractivity (Wildman–Crippen MR) is 92.2 cm³/mol. The van der Waals surface area contributed by atoms with Crippen molar-refractivity contribution in [3.05, 3.63) is 11.7 Å². The minimum Gasteiger partial charge on any atom is -0.339 e. The summed E-state index contributed by atoms with van der Waals surface area (Å²) < 4.78 is 5.57. The molecule has 1 fully saturated rings. The Bertz CT molecular complexity index is 427. The van der Waals surface area contributed by atoms with E-state index in [1.165, 1.54) is 11.5 Å². The van der Waals surface area contributed by atoms with Crippen molar-refractivity contribution in [1.29, 1.82) is 0 Å². The van der Waals surface area contributed by atoms with Crippen LogP contribution in [0.5, 0.6) is 0 Å². The standard InChI is InChI=1S/C15H27N3OS2/c1-5-7-16-12(6-2)10(3)15-17-14(18-19-15)13-11(4)20-8-9-21-13/h10-13,16H,5-9H2,1-4H3. The first-order valence-electron chi connectivity index (χ1n) is 7.97. The lowest BCUT2D eigenvalue weighted by Gasteiger charge is -2.25. The van der Waals surface area contributed by atoms with E-state index in [2.05, 4.69) is 38.2 Å². The van der Waals surface area contributed by atoms with Gasteiger partial charge in [-0.3, -0.25) is 0 Å². The van der Waals surface area contributed by atoms with Crippen LogP contribution in [0.1, 0.15) is 63.4 Å². The smallest absolute Gasteiger partial charge is 0.231 e. The summed E-state index contributed by atoms with van der Waals surface area (Å²) in [5.41, 5.74) is 0. The zero-order valence-electron chi connectivity index (χ0n) is 13.5. The highest BCUT2D eigenvalue weighted by molar-refractivity contribution is 8.06. The topological polar surface area (TPSA) is 51.0 Å². The number of aromatic nitrogens is 2. The summed E-state index contributed by atoms with van der Waals surface area (Å²) in [6, 6.07) is 0.407. The molecule has 4 atom stereocenters. The fourth-order valence-electron chi connectivity index (χ4n) is 2.64. The first-order valence-corrected chi connectivity index (χ1v) is 10.1. The van der Waals surface area contributed by atoms with Gasteiger partial charge in [0.15, 0.2) is 5.82 Å². The molecule has 0 spiro atoms. The van der Waals surface area contributed by atoms with Crippen molar-refractivity contribution in [2.75, 3.05) is 18.1 Å². The maximum atomic E-state index is 5.57. The molecule has 0 saturated carbocycles. The van der Waals surface area contributed by atoms with Crippen molar-refractivity contribution >= 4 is 23.5 Å². The summed E-state index contributed by atoms with van der Waals surface area (Å²) in [6.07, 6.45) is 2.22. The average Bonchev–Trinajstić information content (AvgIpc) is 2.98. The molecule has 4 nitrogen and oxygen atoms in total. The second kappa shape index (κ2) is 8.44. The van der Waals surface area contributed by atoms with Crippen molar-refractivity contribution in [2.45, 2.75) is 63.0 Å². The quantitative estimate of drug-likeness (QED) is 0.820. The van der Waals surface area contributed by atoms with Gasteiger partial charge in [-0.15, -0.1) is 11.8 Å². The first kappa shape index (κ1) is 17.2. The van der Waals surface area contributed by atoms with Gasteiger partial charge < -0.3 is 9.84 Å². The zero-order chi connectivity index (χ0) is 15.2. The Morgan fingerprint density at radius 2 is 2.10 bits per heavy atom. The molecule has 4 unspecified atom stereocenters. The van der Waals surface area contributed by atoms with Crippen LogP contribution >= 0.6 is 23.5 Å².